The molecule has 2 N–H and O–H groups in total. The first-order chi connectivity index (χ1) is 7.15. The van der Waals surface area contributed by atoms with E-state index < -0.39 is 0 Å². The van der Waals surface area contributed by atoms with Gasteiger partial charge in [0.1, 0.15) is 0 Å². The Balaban J connectivity index is 2.74. The smallest absolute Gasteiger partial charge is 0.0307 e. The third-order valence-corrected chi connectivity index (χ3v) is 2.89. The molecule has 15 heavy (non-hydrogen) atoms. The molecule has 0 saturated heterocycles. The number of hydrogen-bond donors (Lipinski definition) is 1. The molecule has 0 bridgehead atoms. The number of nitrogens with two attached hydrogens (primary N) is 1. The average molecular weight is 266 g/mol. The van der Waals surface area contributed by atoms with Crippen LogP contribution >= 0.6 is 15.9 Å². The van der Waals surface area contributed by atoms with Crippen molar-refractivity contribution in [2.45, 2.75) is 32.7 Å². The standard InChI is InChI=1S/C13H16BrN/c1-3-4-5-6-13(15)12-9-11(14)8-7-10(12)2/h7-9,13H,5-6,15H2,1-2H3. The summed E-state index contributed by atoms with van der Waals surface area (Å²) in [6, 6.07) is 6.31. The van der Waals surface area contributed by atoms with Gasteiger partial charge in [0.2, 0.25) is 0 Å². The van der Waals surface area contributed by atoms with Crippen LogP contribution in [-0.2, 0) is 0 Å². The van der Waals surface area contributed by atoms with Gasteiger partial charge >= 0.3 is 0 Å². The van der Waals surface area contributed by atoms with Crippen molar-refractivity contribution in [3.8, 4) is 11.8 Å². The van der Waals surface area contributed by atoms with Crippen molar-refractivity contribution in [1.82, 2.24) is 0 Å². The van der Waals surface area contributed by atoms with E-state index in [-0.39, 0.29) is 6.04 Å². The van der Waals surface area contributed by atoms with E-state index in [9.17, 15) is 0 Å². The topological polar surface area (TPSA) is 26.0 Å². The first-order valence-corrected chi connectivity index (χ1v) is 5.85. The average Bonchev–Trinajstić information content (AvgIpc) is 2.22. The van der Waals surface area contributed by atoms with Crippen LogP contribution < -0.4 is 5.73 Å². The molecule has 80 valence electrons. The molecule has 1 rings (SSSR count). The van der Waals surface area contributed by atoms with Crippen LogP contribution in [0.15, 0.2) is 22.7 Å². The highest BCUT2D eigenvalue weighted by molar-refractivity contribution is 9.10. The van der Waals surface area contributed by atoms with Gasteiger partial charge in [-0.1, -0.05) is 22.0 Å². The van der Waals surface area contributed by atoms with E-state index in [1.807, 2.05) is 13.0 Å². The molecular weight excluding hydrogens is 250 g/mol. The molecule has 0 amide bonds. The van der Waals surface area contributed by atoms with Crippen LogP contribution in [0.3, 0.4) is 0 Å². The van der Waals surface area contributed by atoms with Crippen LogP contribution in [0.2, 0.25) is 0 Å². The summed E-state index contributed by atoms with van der Waals surface area (Å²) in [5, 5.41) is 0. The molecule has 0 fully saturated rings. The van der Waals surface area contributed by atoms with Crippen molar-refractivity contribution < 1.29 is 0 Å². The van der Waals surface area contributed by atoms with Gasteiger partial charge in [-0.2, -0.15) is 0 Å². The Labute approximate surface area is 100 Å². The van der Waals surface area contributed by atoms with Gasteiger partial charge in [-0.05, 0) is 43.5 Å². The first kappa shape index (κ1) is 12.3. The van der Waals surface area contributed by atoms with E-state index in [4.69, 9.17) is 5.73 Å². The molecule has 1 nitrogen and oxygen atoms in total. The van der Waals surface area contributed by atoms with Gasteiger partial charge in [0, 0.05) is 16.9 Å². The molecule has 0 radical (unpaired) electrons. The van der Waals surface area contributed by atoms with Crippen LogP contribution in [0, 0.1) is 18.8 Å². The molecule has 0 aliphatic rings. The Morgan fingerprint density at radius 3 is 2.87 bits per heavy atom. The zero-order chi connectivity index (χ0) is 11.3. The lowest BCUT2D eigenvalue weighted by Gasteiger charge is -2.13. The SMILES string of the molecule is CC#CCCC(N)c1cc(Br)ccc1C. The Morgan fingerprint density at radius 1 is 1.47 bits per heavy atom. The summed E-state index contributed by atoms with van der Waals surface area (Å²) in [7, 11) is 0. The van der Waals surface area contributed by atoms with Gasteiger partial charge in [-0.15, -0.1) is 11.8 Å². The lowest BCUT2D eigenvalue weighted by molar-refractivity contribution is 0.663. The molecule has 1 unspecified atom stereocenters. The summed E-state index contributed by atoms with van der Waals surface area (Å²) in [6.45, 7) is 3.95. The van der Waals surface area contributed by atoms with Crippen LogP contribution in [-0.4, -0.2) is 0 Å². The van der Waals surface area contributed by atoms with Gasteiger partial charge in [0.25, 0.3) is 0 Å². The zero-order valence-corrected chi connectivity index (χ0v) is 10.8. The van der Waals surface area contributed by atoms with Gasteiger partial charge in [-0.25, -0.2) is 0 Å². The Kier molecular flexibility index (Phi) is 4.87. The molecular formula is C13H16BrN. The molecule has 1 aromatic carbocycles. The number of halogens is 1. The lowest BCUT2D eigenvalue weighted by Crippen LogP contribution is -2.11. The molecule has 0 saturated carbocycles. The molecule has 0 aliphatic carbocycles. The molecule has 1 atom stereocenters. The largest absolute Gasteiger partial charge is 0.324 e. The summed E-state index contributed by atoms with van der Waals surface area (Å²) in [4.78, 5) is 0. The number of aryl methyl sites for hydroxylation is 1. The highest BCUT2D eigenvalue weighted by Crippen LogP contribution is 2.23. The number of hydrogen-bond acceptors (Lipinski definition) is 1. The maximum atomic E-state index is 6.12. The van der Waals surface area contributed by atoms with Crippen molar-refractivity contribution >= 4 is 15.9 Å². The first-order valence-electron chi connectivity index (χ1n) is 5.06. The fraction of sp³-hybridized carbons (Fsp3) is 0.385. The highest BCUT2D eigenvalue weighted by atomic mass is 79.9. The molecule has 0 heterocycles. The monoisotopic (exact) mass is 265 g/mol. The summed E-state index contributed by atoms with van der Waals surface area (Å²) in [5.41, 5.74) is 8.57. The van der Waals surface area contributed by atoms with Crippen LogP contribution in [0.1, 0.15) is 36.9 Å². The second-order valence-corrected chi connectivity index (χ2v) is 4.49. The number of benzene rings is 1. The van der Waals surface area contributed by atoms with E-state index in [1.165, 1.54) is 11.1 Å². The van der Waals surface area contributed by atoms with E-state index >= 15 is 0 Å². The Bertz CT molecular complexity index is 387. The van der Waals surface area contributed by atoms with Crippen molar-refractivity contribution in [1.29, 1.82) is 0 Å². The minimum Gasteiger partial charge on any atom is -0.324 e. The second-order valence-electron chi connectivity index (χ2n) is 3.57. The third kappa shape index (κ3) is 3.70. The van der Waals surface area contributed by atoms with Gasteiger partial charge in [0.05, 0.1) is 0 Å². The van der Waals surface area contributed by atoms with Crippen molar-refractivity contribution in [2.75, 3.05) is 0 Å². The Morgan fingerprint density at radius 2 is 2.20 bits per heavy atom. The normalized spacial score (nSPS) is 11.7. The second kappa shape index (κ2) is 5.95. The van der Waals surface area contributed by atoms with Crippen LogP contribution in [0.4, 0.5) is 0 Å². The third-order valence-electron chi connectivity index (χ3n) is 2.40. The van der Waals surface area contributed by atoms with Gasteiger partial charge < -0.3 is 5.73 Å². The molecule has 2 heteroatoms. The molecule has 1 aromatic rings. The van der Waals surface area contributed by atoms with Crippen molar-refractivity contribution in [2.24, 2.45) is 5.73 Å². The van der Waals surface area contributed by atoms with Crippen LogP contribution in [0.25, 0.3) is 0 Å². The lowest BCUT2D eigenvalue weighted by atomic mass is 9.98. The predicted molar refractivity (Wildman–Crippen MR) is 68.5 cm³/mol. The summed E-state index contributed by atoms with van der Waals surface area (Å²) < 4.78 is 1.08. The quantitative estimate of drug-likeness (QED) is 0.832. The predicted octanol–water partition coefficient (Wildman–Crippen LogP) is 3.56. The summed E-state index contributed by atoms with van der Waals surface area (Å²) in [5.74, 6) is 5.93. The van der Waals surface area contributed by atoms with E-state index in [2.05, 4.69) is 46.8 Å². The molecule has 0 spiro atoms. The zero-order valence-electron chi connectivity index (χ0n) is 9.18. The maximum absolute atomic E-state index is 6.12. The summed E-state index contributed by atoms with van der Waals surface area (Å²) in [6.07, 6.45) is 1.78. The molecule has 0 aromatic heterocycles. The van der Waals surface area contributed by atoms with E-state index in [0.29, 0.717) is 0 Å². The summed E-state index contributed by atoms with van der Waals surface area (Å²) >= 11 is 3.46. The van der Waals surface area contributed by atoms with Gasteiger partial charge in [0.15, 0.2) is 0 Å². The fourth-order valence-electron chi connectivity index (χ4n) is 1.52. The van der Waals surface area contributed by atoms with Crippen LogP contribution in [0.5, 0.6) is 0 Å². The Hall–Kier alpha value is -0.780. The minimum atomic E-state index is 0.0864. The molecule has 0 aliphatic heterocycles. The van der Waals surface area contributed by atoms with Crippen molar-refractivity contribution in [3.63, 3.8) is 0 Å². The van der Waals surface area contributed by atoms with Gasteiger partial charge in [-0.3, -0.25) is 0 Å². The number of rotatable bonds is 3. The van der Waals surface area contributed by atoms with E-state index in [1.54, 1.807) is 0 Å². The van der Waals surface area contributed by atoms with E-state index in [0.717, 1.165) is 17.3 Å². The fourth-order valence-corrected chi connectivity index (χ4v) is 1.90. The maximum Gasteiger partial charge on any atom is 0.0307 e. The highest BCUT2D eigenvalue weighted by Gasteiger charge is 2.08. The van der Waals surface area contributed by atoms with Crippen molar-refractivity contribution in [3.05, 3.63) is 33.8 Å². The minimum absolute atomic E-state index is 0.0864.